The third-order valence-corrected chi connectivity index (χ3v) is 6.83. The fraction of sp³-hybridized carbons (Fsp3) is 0.903. The molecule has 0 spiro atoms. The second-order valence-electron chi connectivity index (χ2n) is 10.1. The summed E-state index contributed by atoms with van der Waals surface area (Å²) in [5, 5.41) is 0. The molecule has 0 aromatic rings. The number of hydrogen-bond acceptors (Lipinski definition) is 1. The highest BCUT2D eigenvalue weighted by Gasteiger charge is 1.95. The van der Waals surface area contributed by atoms with Crippen molar-refractivity contribution in [1.29, 1.82) is 0 Å². The van der Waals surface area contributed by atoms with Gasteiger partial charge in [0.2, 0.25) is 0 Å². The number of carbonyl (C=O) groups is 1. The van der Waals surface area contributed by atoms with E-state index in [1.807, 2.05) is 0 Å². The Labute approximate surface area is 203 Å². The van der Waals surface area contributed by atoms with E-state index in [2.05, 4.69) is 19.1 Å². The van der Waals surface area contributed by atoms with Crippen LogP contribution in [0.4, 0.5) is 0 Å². The first-order valence-electron chi connectivity index (χ1n) is 15.0. The first-order chi connectivity index (χ1) is 15.9. The lowest BCUT2D eigenvalue weighted by Crippen LogP contribution is -1.83. The van der Waals surface area contributed by atoms with Crippen LogP contribution in [0.15, 0.2) is 12.2 Å². The molecule has 0 fully saturated rings. The molecule has 1 heteroatoms. The average Bonchev–Trinajstić information content (AvgIpc) is 2.81. The smallest absolute Gasteiger partial charge is 0.119 e. The Hall–Kier alpha value is -0.590. The van der Waals surface area contributed by atoms with Crippen molar-refractivity contribution in [3.8, 4) is 0 Å². The molecule has 0 atom stereocenters. The summed E-state index contributed by atoms with van der Waals surface area (Å²) in [5.74, 6) is 0. The van der Waals surface area contributed by atoms with Crippen molar-refractivity contribution in [2.45, 2.75) is 180 Å². The number of carbonyl (C=O) groups excluding carboxylic acids is 1. The van der Waals surface area contributed by atoms with Crippen LogP contribution in [-0.4, -0.2) is 6.29 Å². The lowest BCUT2D eigenvalue weighted by molar-refractivity contribution is -0.107. The number of rotatable bonds is 28. The standard InChI is InChI=1S/C31H60O/c1-2-3-4-5-6-7-8-9-10-11-12-13-14-15-16-17-18-19-20-21-22-23-24-25-26-27-28-29-30-31-32/h19-20,31H,2-18,21-30H2,1H3/b20-19-. The maximum absolute atomic E-state index is 10.2. The quantitative estimate of drug-likeness (QED) is 0.0660. The summed E-state index contributed by atoms with van der Waals surface area (Å²) in [6.07, 6.45) is 43.0. The fourth-order valence-corrected chi connectivity index (χ4v) is 4.60. The zero-order valence-electron chi connectivity index (χ0n) is 22.2. The van der Waals surface area contributed by atoms with Crippen molar-refractivity contribution in [2.75, 3.05) is 0 Å². The van der Waals surface area contributed by atoms with Gasteiger partial charge in [0, 0.05) is 6.42 Å². The number of hydrogen-bond donors (Lipinski definition) is 0. The Balaban J connectivity index is 3.06. The summed E-state index contributed by atoms with van der Waals surface area (Å²) >= 11 is 0. The van der Waals surface area contributed by atoms with Gasteiger partial charge in [0.15, 0.2) is 0 Å². The van der Waals surface area contributed by atoms with E-state index in [4.69, 9.17) is 0 Å². The van der Waals surface area contributed by atoms with E-state index in [1.54, 1.807) is 0 Å². The molecule has 0 aliphatic carbocycles. The van der Waals surface area contributed by atoms with Crippen molar-refractivity contribution < 1.29 is 4.79 Å². The van der Waals surface area contributed by atoms with Crippen LogP contribution in [0.5, 0.6) is 0 Å². The normalized spacial score (nSPS) is 11.5. The lowest BCUT2D eigenvalue weighted by Gasteiger charge is -2.03. The van der Waals surface area contributed by atoms with Gasteiger partial charge < -0.3 is 4.79 Å². The van der Waals surface area contributed by atoms with Gasteiger partial charge in [0.1, 0.15) is 6.29 Å². The predicted octanol–water partition coefficient (Wildman–Crippen LogP) is 11.3. The number of unbranched alkanes of at least 4 members (excludes halogenated alkanes) is 25. The Kier molecular flexibility index (Phi) is 29.8. The van der Waals surface area contributed by atoms with Crippen molar-refractivity contribution in [3.63, 3.8) is 0 Å². The van der Waals surface area contributed by atoms with Gasteiger partial charge in [-0.15, -0.1) is 0 Å². The molecule has 0 radical (unpaired) electrons. The highest BCUT2D eigenvalue weighted by atomic mass is 16.1. The van der Waals surface area contributed by atoms with Gasteiger partial charge in [-0.3, -0.25) is 0 Å². The van der Waals surface area contributed by atoms with E-state index in [0.29, 0.717) is 0 Å². The molecule has 0 aromatic carbocycles. The van der Waals surface area contributed by atoms with Crippen molar-refractivity contribution in [3.05, 3.63) is 12.2 Å². The van der Waals surface area contributed by atoms with E-state index < -0.39 is 0 Å². The second-order valence-corrected chi connectivity index (χ2v) is 10.1. The highest BCUT2D eigenvalue weighted by molar-refractivity contribution is 5.48. The van der Waals surface area contributed by atoms with E-state index in [9.17, 15) is 4.79 Å². The Morgan fingerprint density at radius 1 is 0.344 bits per heavy atom. The molecule has 0 rings (SSSR count). The van der Waals surface area contributed by atoms with Gasteiger partial charge in [0.25, 0.3) is 0 Å². The third-order valence-electron chi connectivity index (χ3n) is 6.83. The van der Waals surface area contributed by atoms with Crippen LogP contribution in [0.3, 0.4) is 0 Å². The minimum Gasteiger partial charge on any atom is -0.303 e. The highest BCUT2D eigenvalue weighted by Crippen LogP contribution is 2.14. The fourth-order valence-electron chi connectivity index (χ4n) is 4.60. The molecule has 0 amide bonds. The Bertz CT molecular complexity index is 359. The van der Waals surface area contributed by atoms with Gasteiger partial charge in [0.05, 0.1) is 0 Å². The van der Waals surface area contributed by atoms with Crippen LogP contribution in [0.1, 0.15) is 180 Å². The molecule has 0 aliphatic heterocycles. The Morgan fingerprint density at radius 2 is 0.594 bits per heavy atom. The minimum atomic E-state index is 0.756. The summed E-state index contributed by atoms with van der Waals surface area (Å²) in [5.41, 5.74) is 0. The van der Waals surface area contributed by atoms with Crippen LogP contribution in [-0.2, 0) is 4.79 Å². The van der Waals surface area contributed by atoms with Crippen molar-refractivity contribution in [2.24, 2.45) is 0 Å². The molecular formula is C31H60O. The largest absolute Gasteiger partial charge is 0.303 e. The van der Waals surface area contributed by atoms with Crippen molar-refractivity contribution >= 4 is 6.29 Å². The summed E-state index contributed by atoms with van der Waals surface area (Å²) in [7, 11) is 0. The Morgan fingerprint density at radius 3 is 0.875 bits per heavy atom. The minimum absolute atomic E-state index is 0.756. The van der Waals surface area contributed by atoms with E-state index in [1.165, 1.54) is 161 Å². The van der Waals surface area contributed by atoms with Crippen LogP contribution in [0, 0.1) is 0 Å². The van der Waals surface area contributed by atoms with Crippen LogP contribution in [0.25, 0.3) is 0 Å². The first-order valence-corrected chi connectivity index (χ1v) is 15.0. The van der Waals surface area contributed by atoms with E-state index >= 15 is 0 Å². The summed E-state index contributed by atoms with van der Waals surface area (Å²) in [6, 6.07) is 0. The van der Waals surface area contributed by atoms with Gasteiger partial charge >= 0.3 is 0 Å². The van der Waals surface area contributed by atoms with Gasteiger partial charge in [-0.1, -0.05) is 154 Å². The average molecular weight is 449 g/mol. The molecule has 0 saturated carbocycles. The zero-order chi connectivity index (χ0) is 23.2. The number of allylic oxidation sites excluding steroid dienone is 2. The molecule has 0 bridgehead atoms. The molecule has 0 N–H and O–H groups in total. The molecule has 32 heavy (non-hydrogen) atoms. The van der Waals surface area contributed by atoms with Crippen LogP contribution < -0.4 is 0 Å². The molecule has 0 heterocycles. The maximum atomic E-state index is 10.2. The van der Waals surface area contributed by atoms with Gasteiger partial charge in [-0.05, 0) is 32.1 Å². The summed E-state index contributed by atoms with van der Waals surface area (Å²) in [6.45, 7) is 2.30. The molecule has 0 aromatic heterocycles. The molecule has 0 unspecified atom stereocenters. The molecule has 0 saturated heterocycles. The summed E-state index contributed by atoms with van der Waals surface area (Å²) < 4.78 is 0. The van der Waals surface area contributed by atoms with E-state index in [-0.39, 0.29) is 0 Å². The summed E-state index contributed by atoms with van der Waals surface area (Å²) in [4.78, 5) is 10.2. The lowest BCUT2D eigenvalue weighted by atomic mass is 10.0. The molecular weight excluding hydrogens is 388 g/mol. The maximum Gasteiger partial charge on any atom is 0.119 e. The molecule has 1 nitrogen and oxygen atoms in total. The molecule has 0 aliphatic rings. The number of aldehydes is 1. The van der Waals surface area contributed by atoms with E-state index in [0.717, 1.165) is 19.1 Å². The van der Waals surface area contributed by atoms with Gasteiger partial charge in [-0.25, -0.2) is 0 Å². The van der Waals surface area contributed by atoms with Crippen LogP contribution >= 0.6 is 0 Å². The van der Waals surface area contributed by atoms with Crippen LogP contribution in [0.2, 0.25) is 0 Å². The van der Waals surface area contributed by atoms with Gasteiger partial charge in [-0.2, -0.15) is 0 Å². The SMILES string of the molecule is CCCCCCCCCCCCCCCCCC/C=C\CCCCCCCCCCC=O. The topological polar surface area (TPSA) is 17.1 Å². The predicted molar refractivity (Wildman–Crippen MR) is 146 cm³/mol. The third kappa shape index (κ3) is 29.4. The van der Waals surface area contributed by atoms with Crippen molar-refractivity contribution in [1.82, 2.24) is 0 Å². The second kappa shape index (κ2) is 30.4. The molecule has 190 valence electrons. The monoisotopic (exact) mass is 448 g/mol. The zero-order valence-corrected chi connectivity index (χ0v) is 22.2. The first kappa shape index (κ1) is 31.4.